The molecule has 5 nitrogen and oxygen atoms in total. The van der Waals surface area contributed by atoms with Gasteiger partial charge < -0.3 is 4.74 Å². The van der Waals surface area contributed by atoms with Gasteiger partial charge in [-0.2, -0.15) is 0 Å². The van der Waals surface area contributed by atoms with Crippen molar-refractivity contribution in [2.24, 2.45) is 0 Å². The average Bonchev–Trinajstić information content (AvgIpc) is 2.84. The van der Waals surface area contributed by atoms with Crippen LogP contribution in [0.3, 0.4) is 0 Å². The fourth-order valence-electron chi connectivity index (χ4n) is 4.11. The van der Waals surface area contributed by atoms with Crippen molar-refractivity contribution < 1.29 is 13.2 Å². The highest BCUT2D eigenvalue weighted by molar-refractivity contribution is 7.90. The predicted octanol–water partition coefficient (Wildman–Crippen LogP) is 5.08. The van der Waals surface area contributed by atoms with Crippen LogP contribution in [0.5, 0.6) is 5.75 Å². The minimum atomic E-state index is -3.29. The molecular formula is C28H26N2O3S. The molecule has 1 saturated heterocycles. The molecule has 0 bridgehead atoms. The van der Waals surface area contributed by atoms with Gasteiger partial charge in [-0.15, -0.1) is 0 Å². The van der Waals surface area contributed by atoms with Crippen LogP contribution in [-0.4, -0.2) is 43.8 Å². The SMILES string of the molecule is CS(=O)(=O)c1ccc(-c2ccc(OC3CN(Cc4ccc(-c5ccccc5)cc4)C3)cc2)cn1. The molecule has 0 atom stereocenters. The number of rotatable bonds is 7. The zero-order chi connectivity index (χ0) is 23.5. The molecule has 0 unspecified atom stereocenters. The van der Waals surface area contributed by atoms with Crippen LogP contribution < -0.4 is 4.74 Å². The van der Waals surface area contributed by atoms with Gasteiger partial charge in [0.1, 0.15) is 11.9 Å². The van der Waals surface area contributed by atoms with E-state index in [1.54, 1.807) is 12.3 Å². The Morgan fingerprint density at radius 2 is 1.38 bits per heavy atom. The maximum Gasteiger partial charge on any atom is 0.192 e. The lowest BCUT2D eigenvalue weighted by molar-refractivity contribution is 0.0146. The molecule has 6 heteroatoms. The molecule has 1 aromatic heterocycles. The normalized spacial score (nSPS) is 14.5. The van der Waals surface area contributed by atoms with Crippen molar-refractivity contribution in [2.75, 3.05) is 19.3 Å². The second-order valence-corrected chi connectivity index (χ2v) is 10.6. The summed E-state index contributed by atoms with van der Waals surface area (Å²) < 4.78 is 29.3. The summed E-state index contributed by atoms with van der Waals surface area (Å²) in [6, 6.07) is 30.3. The third kappa shape index (κ3) is 5.19. The number of likely N-dealkylation sites (tertiary alicyclic amines) is 1. The van der Waals surface area contributed by atoms with E-state index in [4.69, 9.17) is 4.74 Å². The number of benzene rings is 3. The summed E-state index contributed by atoms with van der Waals surface area (Å²) in [7, 11) is -3.29. The number of sulfone groups is 1. The van der Waals surface area contributed by atoms with Crippen LogP contribution in [0.15, 0.2) is 102 Å². The van der Waals surface area contributed by atoms with Crippen molar-refractivity contribution in [3.05, 3.63) is 103 Å². The van der Waals surface area contributed by atoms with Gasteiger partial charge in [0.25, 0.3) is 0 Å². The maximum absolute atomic E-state index is 11.6. The molecule has 0 radical (unpaired) electrons. The first kappa shape index (κ1) is 22.3. The fraction of sp³-hybridized carbons (Fsp3) is 0.179. The topological polar surface area (TPSA) is 59.5 Å². The number of ether oxygens (including phenoxy) is 1. The summed E-state index contributed by atoms with van der Waals surface area (Å²) in [4.78, 5) is 6.44. The lowest BCUT2D eigenvalue weighted by atomic mass is 10.0. The minimum absolute atomic E-state index is 0.0814. The zero-order valence-electron chi connectivity index (χ0n) is 19.0. The summed E-state index contributed by atoms with van der Waals surface area (Å²) >= 11 is 0. The Labute approximate surface area is 200 Å². The van der Waals surface area contributed by atoms with Crippen LogP contribution in [0, 0.1) is 0 Å². The van der Waals surface area contributed by atoms with Crippen LogP contribution in [0.1, 0.15) is 5.56 Å². The number of nitrogens with zero attached hydrogens (tertiary/aromatic N) is 2. The smallest absolute Gasteiger partial charge is 0.192 e. The fourth-order valence-corrected chi connectivity index (χ4v) is 4.67. The Balaban J connectivity index is 1.12. The summed E-state index contributed by atoms with van der Waals surface area (Å²) in [6.45, 7) is 2.72. The molecule has 1 aliphatic heterocycles. The van der Waals surface area contributed by atoms with E-state index in [9.17, 15) is 8.42 Å². The molecule has 0 amide bonds. The monoisotopic (exact) mass is 470 g/mol. The average molecular weight is 471 g/mol. The van der Waals surface area contributed by atoms with Gasteiger partial charge in [0.05, 0.1) is 0 Å². The van der Waals surface area contributed by atoms with Gasteiger partial charge in [0.15, 0.2) is 14.9 Å². The van der Waals surface area contributed by atoms with Gasteiger partial charge in [-0.3, -0.25) is 4.90 Å². The third-order valence-corrected chi connectivity index (χ3v) is 7.00. The van der Waals surface area contributed by atoms with Gasteiger partial charge in [-0.1, -0.05) is 66.7 Å². The molecule has 0 aliphatic carbocycles. The molecule has 2 heterocycles. The largest absolute Gasteiger partial charge is 0.488 e. The van der Waals surface area contributed by atoms with E-state index in [1.165, 1.54) is 22.8 Å². The van der Waals surface area contributed by atoms with Crippen LogP contribution >= 0.6 is 0 Å². The number of pyridine rings is 1. The van der Waals surface area contributed by atoms with Crippen molar-refractivity contribution in [1.82, 2.24) is 9.88 Å². The van der Waals surface area contributed by atoms with Crippen LogP contribution in [0.4, 0.5) is 0 Å². The molecule has 0 N–H and O–H groups in total. The van der Waals surface area contributed by atoms with Crippen molar-refractivity contribution in [3.63, 3.8) is 0 Å². The first-order valence-corrected chi connectivity index (χ1v) is 13.1. The maximum atomic E-state index is 11.6. The van der Waals surface area contributed by atoms with Crippen molar-refractivity contribution in [1.29, 1.82) is 0 Å². The Hall–Kier alpha value is -3.48. The molecule has 172 valence electrons. The standard InChI is InChI=1S/C28H26N2O3S/c1-34(31,32)28-16-13-25(17-29-28)24-11-14-26(15-12-24)33-27-19-30(20-27)18-21-7-9-23(10-8-21)22-5-3-2-4-6-22/h2-17,27H,18-20H2,1H3. The molecule has 0 spiro atoms. The first-order chi connectivity index (χ1) is 16.4. The van der Waals surface area contributed by atoms with Crippen molar-refractivity contribution >= 4 is 9.84 Å². The molecule has 1 aliphatic rings. The minimum Gasteiger partial charge on any atom is -0.488 e. The van der Waals surface area contributed by atoms with E-state index in [-0.39, 0.29) is 11.1 Å². The van der Waals surface area contributed by atoms with Gasteiger partial charge in [-0.25, -0.2) is 13.4 Å². The second-order valence-electron chi connectivity index (χ2n) is 8.68. The highest BCUT2D eigenvalue weighted by atomic mass is 32.2. The van der Waals surface area contributed by atoms with E-state index in [0.717, 1.165) is 42.8 Å². The summed E-state index contributed by atoms with van der Waals surface area (Å²) in [6.07, 6.45) is 2.93. The van der Waals surface area contributed by atoms with Gasteiger partial charge in [-0.05, 0) is 46.5 Å². The van der Waals surface area contributed by atoms with Crippen LogP contribution in [-0.2, 0) is 16.4 Å². The van der Waals surface area contributed by atoms with E-state index in [2.05, 4.69) is 58.4 Å². The molecule has 0 saturated carbocycles. The quantitative estimate of drug-likeness (QED) is 0.377. The van der Waals surface area contributed by atoms with Gasteiger partial charge in [0.2, 0.25) is 0 Å². The molecule has 34 heavy (non-hydrogen) atoms. The van der Waals surface area contributed by atoms with E-state index in [0.29, 0.717) is 0 Å². The Morgan fingerprint density at radius 1 is 0.794 bits per heavy atom. The van der Waals surface area contributed by atoms with Crippen molar-refractivity contribution in [2.45, 2.75) is 17.7 Å². The summed E-state index contributed by atoms with van der Waals surface area (Å²) in [5.41, 5.74) is 5.61. The Bertz CT molecular complexity index is 1350. The number of aromatic nitrogens is 1. The molecular weight excluding hydrogens is 444 g/mol. The second kappa shape index (κ2) is 9.41. The lowest BCUT2D eigenvalue weighted by Gasteiger charge is -2.39. The Kier molecular flexibility index (Phi) is 6.18. The van der Waals surface area contributed by atoms with Gasteiger partial charge >= 0.3 is 0 Å². The predicted molar refractivity (Wildman–Crippen MR) is 134 cm³/mol. The zero-order valence-corrected chi connectivity index (χ0v) is 19.8. The van der Waals surface area contributed by atoms with Crippen LogP contribution in [0.2, 0.25) is 0 Å². The van der Waals surface area contributed by atoms with E-state index in [1.807, 2.05) is 30.3 Å². The van der Waals surface area contributed by atoms with Crippen LogP contribution in [0.25, 0.3) is 22.3 Å². The molecule has 3 aromatic carbocycles. The summed E-state index contributed by atoms with van der Waals surface area (Å²) in [5.74, 6) is 0.835. The van der Waals surface area contributed by atoms with E-state index >= 15 is 0 Å². The molecule has 4 aromatic rings. The third-order valence-electron chi connectivity index (χ3n) is 6.00. The lowest BCUT2D eigenvalue weighted by Crippen LogP contribution is -2.53. The van der Waals surface area contributed by atoms with Crippen molar-refractivity contribution in [3.8, 4) is 28.0 Å². The Morgan fingerprint density at radius 3 is 2.00 bits per heavy atom. The molecule has 5 rings (SSSR count). The summed E-state index contributed by atoms with van der Waals surface area (Å²) in [5, 5.41) is 0.0814. The number of hydrogen-bond acceptors (Lipinski definition) is 5. The van der Waals surface area contributed by atoms with E-state index < -0.39 is 9.84 Å². The highest BCUT2D eigenvalue weighted by Crippen LogP contribution is 2.26. The van der Waals surface area contributed by atoms with Gasteiger partial charge in [0, 0.05) is 37.7 Å². The first-order valence-electron chi connectivity index (χ1n) is 11.2. The number of hydrogen-bond donors (Lipinski definition) is 0. The highest BCUT2D eigenvalue weighted by Gasteiger charge is 2.28. The molecule has 1 fully saturated rings.